The van der Waals surface area contributed by atoms with Crippen LogP contribution in [0.1, 0.15) is 0 Å². The largest absolute Gasteiger partial charge is 0.253 e. The van der Waals surface area contributed by atoms with Gasteiger partial charge in [-0.05, 0) is 36.4 Å². The molecule has 4 heterocycles. The summed E-state index contributed by atoms with van der Waals surface area (Å²) in [4.78, 5) is 26.5. The predicted octanol–water partition coefficient (Wildman–Crippen LogP) is 3.05. The first kappa shape index (κ1) is 19.9. The molecule has 4 aromatic heterocycles. The zero-order valence-corrected chi connectivity index (χ0v) is 16.1. The van der Waals surface area contributed by atoms with Crippen molar-refractivity contribution in [2.24, 2.45) is 0 Å². The Morgan fingerprint density at radius 2 is 0.769 bits per heavy atom. The fourth-order valence-electron chi connectivity index (χ4n) is 2.20. The van der Waals surface area contributed by atoms with Gasteiger partial charge in [0.1, 0.15) is 17.1 Å². The van der Waals surface area contributed by atoms with Crippen LogP contribution in [0, 0.1) is 0 Å². The van der Waals surface area contributed by atoms with Crippen molar-refractivity contribution in [3.8, 4) is 34.6 Å². The van der Waals surface area contributed by atoms with Crippen LogP contribution >= 0.6 is 0 Å². The molecule has 0 atom stereocenters. The van der Waals surface area contributed by atoms with E-state index in [1.165, 1.54) is 0 Å². The average molecular weight is 472 g/mol. The topological polar surface area (TPSA) is 77.3 Å². The van der Waals surface area contributed by atoms with E-state index in [9.17, 15) is 0 Å². The number of pyridine rings is 3. The molecule has 0 aliphatic carbocycles. The maximum absolute atomic E-state index is 4.52. The summed E-state index contributed by atoms with van der Waals surface area (Å²) in [6.07, 6.45) is 5.13. The van der Waals surface area contributed by atoms with Crippen LogP contribution in [0.5, 0.6) is 0 Å². The molecule has 0 fully saturated rings. The molecule has 131 valence electrons. The first-order valence-corrected chi connectivity index (χ1v) is 7.40. The summed E-state index contributed by atoms with van der Waals surface area (Å²) in [6, 6.07) is 16.8. The predicted molar refractivity (Wildman–Crippen MR) is 89.5 cm³/mol. The zero-order valence-electron chi connectivity index (χ0n) is 13.3. The van der Waals surface area contributed by atoms with Gasteiger partial charge in [-0.1, -0.05) is 18.2 Å². The van der Waals surface area contributed by atoms with Gasteiger partial charge in [0.15, 0.2) is 17.5 Å². The van der Waals surface area contributed by atoms with Gasteiger partial charge < -0.3 is 0 Å². The molecular weight excluding hydrogens is 460 g/mol. The molecule has 1 radical (unpaired) electrons. The van der Waals surface area contributed by atoms with E-state index in [1.54, 1.807) is 18.6 Å². The monoisotopic (exact) mass is 473 g/mol. The molecule has 0 aliphatic rings. The molecule has 26 heavy (non-hydrogen) atoms. The molecule has 0 N–H and O–H groups in total. The Bertz CT molecular complexity index is 815. The second kappa shape index (κ2) is 9.33. The number of nitrogens with zero attached hydrogens (tertiary/aromatic N) is 6. The van der Waals surface area contributed by atoms with Crippen molar-refractivity contribution >= 4 is 0 Å². The molecule has 0 bridgehead atoms. The van der Waals surface area contributed by atoms with Crippen LogP contribution in [0.3, 0.4) is 0 Å². The molecule has 8 heteroatoms. The minimum atomic E-state index is 0. The van der Waals surface area contributed by atoms with Crippen molar-refractivity contribution in [2.75, 3.05) is 0 Å². The van der Waals surface area contributed by atoms with Crippen LogP contribution < -0.4 is 0 Å². The molecule has 6 nitrogen and oxygen atoms in total. The number of aromatic nitrogens is 6. The van der Waals surface area contributed by atoms with Crippen molar-refractivity contribution < 1.29 is 36.3 Å². The van der Waals surface area contributed by atoms with Crippen LogP contribution in [0.25, 0.3) is 34.6 Å². The minimum absolute atomic E-state index is 0. The van der Waals surface area contributed by atoms with Gasteiger partial charge in [0.2, 0.25) is 0 Å². The SMILES string of the molecule is [Co].[Ru].c1ccc(-c2nc(-c3ccccn3)nc(-c3ccccn3)n2)nc1. The number of hydrogen-bond acceptors (Lipinski definition) is 6. The van der Waals surface area contributed by atoms with E-state index in [2.05, 4.69) is 29.9 Å². The third kappa shape index (κ3) is 4.40. The quantitative estimate of drug-likeness (QED) is 0.427. The summed E-state index contributed by atoms with van der Waals surface area (Å²) in [7, 11) is 0. The first-order valence-electron chi connectivity index (χ1n) is 7.40. The van der Waals surface area contributed by atoms with Gasteiger partial charge in [-0.25, -0.2) is 15.0 Å². The molecule has 0 aliphatic heterocycles. The van der Waals surface area contributed by atoms with Crippen LogP contribution in [0.2, 0.25) is 0 Å². The Labute approximate surface area is 173 Å². The first-order chi connectivity index (χ1) is 11.9. The Morgan fingerprint density at radius 3 is 1.00 bits per heavy atom. The van der Waals surface area contributed by atoms with E-state index in [0.717, 1.165) is 0 Å². The Kier molecular flexibility index (Phi) is 7.15. The van der Waals surface area contributed by atoms with E-state index in [-0.39, 0.29) is 36.3 Å². The van der Waals surface area contributed by atoms with E-state index < -0.39 is 0 Å². The fourth-order valence-corrected chi connectivity index (χ4v) is 2.20. The Morgan fingerprint density at radius 1 is 0.462 bits per heavy atom. The summed E-state index contributed by atoms with van der Waals surface area (Å²) in [6.45, 7) is 0. The molecule has 4 aromatic rings. The van der Waals surface area contributed by atoms with E-state index in [4.69, 9.17) is 0 Å². The van der Waals surface area contributed by atoms with Crippen molar-refractivity contribution in [1.29, 1.82) is 0 Å². The smallest absolute Gasteiger partial charge is 0.182 e. The van der Waals surface area contributed by atoms with Gasteiger partial charge in [-0.15, -0.1) is 0 Å². The van der Waals surface area contributed by atoms with Crippen LogP contribution in [-0.4, -0.2) is 29.9 Å². The fraction of sp³-hybridized carbons (Fsp3) is 0. The van der Waals surface area contributed by atoms with E-state index >= 15 is 0 Å². The standard InChI is InChI=1S/C18H12N6.Co.Ru/c1-4-10-19-13(7-1)16-22-17(14-8-2-5-11-20-14)24-18(23-16)15-9-3-6-12-21-15;;/h1-12H;;. The molecule has 0 saturated heterocycles. The van der Waals surface area contributed by atoms with Gasteiger partial charge in [-0.3, -0.25) is 15.0 Å². The molecule has 0 amide bonds. The third-order valence-electron chi connectivity index (χ3n) is 3.32. The number of hydrogen-bond donors (Lipinski definition) is 0. The second-order valence-electron chi connectivity index (χ2n) is 4.95. The summed E-state index contributed by atoms with van der Waals surface area (Å²) >= 11 is 0. The van der Waals surface area contributed by atoms with Gasteiger partial charge >= 0.3 is 0 Å². The second-order valence-corrected chi connectivity index (χ2v) is 4.95. The Hall–Kier alpha value is -2.41. The molecule has 0 spiro atoms. The maximum atomic E-state index is 4.52. The summed E-state index contributed by atoms with van der Waals surface area (Å²) in [5.41, 5.74) is 2.03. The van der Waals surface area contributed by atoms with E-state index in [0.29, 0.717) is 34.6 Å². The van der Waals surface area contributed by atoms with Gasteiger partial charge in [-0.2, -0.15) is 0 Å². The maximum Gasteiger partial charge on any atom is 0.182 e. The molecule has 0 aromatic carbocycles. The van der Waals surface area contributed by atoms with Gasteiger partial charge in [0, 0.05) is 54.8 Å². The van der Waals surface area contributed by atoms with Gasteiger partial charge in [0.05, 0.1) is 0 Å². The molecule has 0 unspecified atom stereocenters. The Balaban J connectivity index is 0.00000121. The van der Waals surface area contributed by atoms with Crippen molar-refractivity contribution in [3.63, 3.8) is 0 Å². The van der Waals surface area contributed by atoms with Crippen LogP contribution in [-0.2, 0) is 36.3 Å². The summed E-state index contributed by atoms with van der Waals surface area (Å²) in [5.74, 6) is 1.48. The van der Waals surface area contributed by atoms with Crippen molar-refractivity contribution in [2.45, 2.75) is 0 Å². The van der Waals surface area contributed by atoms with Crippen molar-refractivity contribution in [3.05, 3.63) is 73.2 Å². The molecule has 4 rings (SSSR count). The zero-order chi connectivity index (χ0) is 16.2. The van der Waals surface area contributed by atoms with E-state index in [1.807, 2.05) is 54.6 Å². The number of rotatable bonds is 3. The summed E-state index contributed by atoms with van der Waals surface area (Å²) < 4.78 is 0. The average Bonchev–Trinajstić information content (AvgIpc) is 2.70. The third-order valence-corrected chi connectivity index (χ3v) is 3.32. The van der Waals surface area contributed by atoms with Gasteiger partial charge in [0.25, 0.3) is 0 Å². The van der Waals surface area contributed by atoms with Crippen molar-refractivity contribution in [1.82, 2.24) is 29.9 Å². The van der Waals surface area contributed by atoms with Crippen LogP contribution in [0.15, 0.2) is 73.2 Å². The van der Waals surface area contributed by atoms with Crippen LogP contribution in [0.4, 0.5) is 0 Å². The normalized spacial score (nSPS) is 9.69. The minimum Gasteiger partial charge on any atom is -0.253 e. The molecule has 0 saturated carbocycles. The summed E-state index contributed by atoms with van der Waals surface area (Å²) in [5, 5.41) is 0. The molecular formula is C18H12CoN6Ru.